The van der Waals surface area contributed by atoms with Crippen LogP contribution in [0.25, 0.3) is 0 Å². The molecule has 0 aliphatic heterocycles. The number of carboxylic acids is 1. The smallest absolute Gasteiger partial charge is 0.337 e. The number of carbonyl (C=O) groups excluding carboxylic acids is 2. The number of Topliss-reactive ketones (excluding diaryl/α,β-unsaturated/α-hetero) is 1. The van der Waals surface area contributed by atoms with E-state index in [0.29, 0.717) is 30.1 Å². The van der Waals surface area contributed by atoms with Gasteiger partial charge < -0.3 is 9.84 Å². The van der Waals surface area contributed by atoms with Gasteiger partial charge in [0, 0.05) is 11.8 Å². The van der Waals surface area contributed by atoms with Crippen LogP contribution in [0.4, 0.5) is 0 Å². The van der Waals surface area contributed by atoms with E-state index in [2.05, 4.69) is 13.8 Å². The third kappa shape index (κ3) is 3.06. The molecule has 0 unspecified atom stereocenters. The molecule has 178 valence electrons. The quantitative estimate of drug-likeness (QED) is 0.602. The van der Waals surface area contributed by atoms with Crippen LogP contribution in [-0.4, -0.2) is 29.9 Å². The molecule has 0 amide bonds. The molecule has 0 radical (unpaired) electrons. The molecule has 5 nitrogen and oxygen atoms in total. The molecule has 5 rings (SSSR count). The van der Waals surface area contributed by atoms with Crippen LogP contribution < -0.4 is 0 Å². The van der Waals surface area contributed by atoms with Crippen molar-refractivity contribution in [3.63, 3.8) is 0 Å². The maximum Gasteiger partial charge on any atom is 0.337 e. The highest BCUT2D eigenvalue weighted by molar-refractivity contribution is 5.89. The van der Waals surface area contributed by atoms with Crippen molar-refractivity contribution in [3.05, 3.63) is 35.4 Å². The number of hydrogen-bond donors (Lipinski definition) is 1. The number of rotatable bonds is 3. The summed E-state index contributed by atoms with van der Waals surface area (Å²) in [4.78, 5) is 37.6. The third-order valence-corrected chi connectivity index (χ3v) is 10.6. The summed E-state index contributed by atoms with van der Waals surface area (Å²) in [6, 6.07) is 7.52. The summed E-state index contributed by atoms with van der Waals surface area (Å²) in [5.74, 6) is -0.0204. The SMILES string of the molecule is COC(=O)c1ccc([C@@H]2C[C@@]3(C)[C@@H]4CC[C@@]5(C)C[C@]4(CC[C@@H]3[C@](C)(C(=O)O)C2)CC5=O)cc1. The molecule has 33 heavy (non-hydrogen) atoms. The third-order valence-electron chi connectivity index (χ3n) is 10.6. The molecule has 0 aromatic heterocycles. The molecule has 1 aromatic carbocycles. The molecule has 1 spiro atoms. The summed E-state index contributed by atoms with van der Waals surface area (Å²) in [7, 11) is 1.37. The fraction of sp³-hybridized carbons (Fsp3) is 0.679. The molecule has 5 heteroatoms. The van der Waals surface area contributed by atoms with E-state index in [0.717, 1.165) is 44.1 Å². The van der Waals surface area contributed by atoms with Gasteiger partial charge in [-0.2, -0.15) is 0 Å². The van der Waals surface area contributed by atoms with Crippen molar-refractivity contribution in [1.82, 2.24) is 0 Å². The Morgan fingerprint density at radius 2 is 1.67 bits per heavy atom. The van der Waals surface area contributed by atoms with Crippen molar-refractivity contribution in [2.45, 2.75) is 78.1 Å². The Labute approximate surface area is 196 Å². The predicted molar refractivity (Wildman–Crippen MR) is 124 cm³/mol. The molecular weight excluding hydrogens is 416 g/mol. The van der Waals surface area contributed by atoms with Crippen LogP contribution in [0.15, 0.2) is 24.3 Å². The van der Waals surface area contributed by atoms with Gasteiger partial charge in [-0.05, 0) is 98.1 Å². The number of esters is 1. The topological polar surface area (TPSA) is 80.7 Å². The Bertz CT molecular complexity index is 1010. The van der Waals surface area contributed by atoms with Crippen LogP contribution in [0.3, 0.4) is 0 Å². The normalized spacial score (nSPS) is 44.0. The van der Waals surface area contributed by atoms with Gasteiger partial charge in [-0.25, -0.2) is 4.79 Å². The van der Waals surface area contributed by atoms with Gasteiger partial charge in [-0.3, -0.25) is 9.59 Å². The van der Waals surface area contributed by atoms with Gasteiger partial charge in [0.25, 0.3) is 0 Å². The first-order valence-electron chi connectivity index (χ1n) is 12.4. The van der Waals surface area contributed by atoms with Crippen LogP contribution in [0.5, 0.6) is 0 Å². The second-order valence-electron chi connectivity index (χ2n) is 12.3. The van der Waals surface area contributed by atoms with Crippen LogP contribution >= 0.6 is 0 Å². The molecule has 4 aliphatic rings. The summed E-state index contributed by atoms with van der Waals surface area (Å²) < 4.78 is 4.83. The average molecular weight is 453 g/mol. The Morgan fingerprint density at radius 3 is 2.30 bits per heavy atom. The van der Waals surface area contributed by atoms with Crippen LogP contribution in [-0.2, 0) is 14.3 Å². The number of benzene rings is 1. The zero-order valence-electron chi connectivity index (χ0n) is 20.3. The maximum atomic E-state index is 13.0. The lowest BCUT2D eigenvalue weighted by molar-refractivity contribution is -0.185. The minimum atomic E-state index is -0.802. The summed E-state index contributed by atoms with van der Waals surface area (Å²) in [5.41, 5.74) is 0.552. The lowest BCUT2D eigenvalue weighted by Crippen LogP contribution is -2.59. The largest absolute Gasteiger partial charge is 0.481 e. The molecule has 2 bridgehead atoms. The second-order valence-corrected chi connectivity index (χ2v) is 12.3. The summed E-state index contributed by atoms with van der Waals surface area (Å²) in [6.07, 6.45) is 7.05. The van der Waals surface area contributed by atoms with Crippen molar-refractivity contribution < 1.29 is 24.2 Å². The van der Waals surface area contributed by atoms with Crippen LogP contribution in [0.2, 0.25) is 0 Å². The fourth-order valence-corrected chi connectivity index (χ4v) is 9.17. The standard InChI is InChI=1S/C28H36O5/c1-25-11-9-21-26(2)13-19(17-5-7-18(8-6-17)23(30)33-4)14-27(3,24(31)32)20(26)10-12-28(21,16-25)15-22(25)29/h5-8,19-21H,9-16H2,1-4H3,(H,31,32)/t19-,20+,21+,25+,26-,27-,28+/m1/s1. The second kappa shape index (κ2) is 7.16. The van der Waals surface area contributed by atoms with E-state index in [-0.39, 0.29) is 34.1 Å². The van der Waals surface area contributed by atoms with Gasteiger partial charge in [0.05, 0.1) is 18.1 Å². The van der Waals surface area contributed by atoms with Gasteiger partial charge in [0.2, 0.25) is 0 Å². The minimum Gasteiger partial charge on any atom is -0.481 e. The Hall–Kier alpha value is -2.17. The van der Waals surface area contributed by atoms with E-state index < -0.39 is 11.4 Å². The van der Waals surface area contributed by atoms with Crippen LogP contribution in [0.1, 0.15) is 94.0 Å². The summed E-state index contributed by atoms with van der Waals surface area (Å²) in [6.45, 7) is 6.45. The minimum absolute atomic E-state index is 0.0470. The van der Waals surface area contributed by atoms with Crippen molar-refractivity contribution in [2.24, 2.45) is 33.5 Å². The van der Waals surface area contributed by atoms with E-state index in [1.54, 1.807) is 12.1 Å². The number of ether oxygens (including phenoxy) is 1. The lowest BCUT2D eigenvalue weighted by Gasteiger charge is -2.65. The first-order valence-corrected chi connectivity index (χ1v) is 12.4. The average Bonchev–Trinajstić information content (AvgIpc) is 2.95. The highest BCUT2D eigenvalue weighted by Crippen LogP contribution is 2.74. The predicted octanol–water partition coefficient (Wildman–Crippen LogP) is 5.62. The summed E-state index contributed by atoms with van der Waals surface area (Å²) in [5, 5.41) is 10.5. The number of hydrogen-bond acceptors (Lipinski definition) is 4. The monoisotopic (exact) mass is 452 g/mol. The molecule has 7 atom stereocenters. The van der Waals surface area contributed by atoms with E-state index >= 15 is 0 Å². The summed E-state index contributed by atoms with van der Waals surface area (Å²) >= 11 is 0. The van der Waals surface area contributed by atoms with Gasteiger partial charge >= 0.3 is 11.9 Å². The molecule has 4 aliphatic carbocycles. The maximum absolute atomic E-state index is 13.0. The van der Waals surface area contributed by atoms with Gasteiger partial charge in [-0.15, -0.1) is 0 Å². The molecule has 0 heterocycles. The number of fused-ring (bicyclic) bond motifs is 3. The molecule has 0 saturated heterocycles. The van der Waals surface area contributed by atoms with Crippen molar-refractivity contribution >= 4 is 17.7 Å². The van der Waals surface area contributed by atoms with Crippen LogP contribution in [0, 0.1) is 33.5 Å². The van der Waals surface area contributed by atoms with Gasteiger partial charge in [0.1, 0.15) is 5.78 Å². The molecule has 1 N–H and O–H groups in total. The molecular formula is C28H36O5. The number of methoxy groups -OCH3 is 1. The van der Waals surface area contributed by atoms with Gasteiger partial charge in [-0.1, -0.05) is 26.0 Å². The number of ketones is 1. The van der Waals surface area contributed by atoms with E-state index in [1.807, 2.05) is 19.1 Å². The lowest BCUT2D eigenvalue weighted by atomic mass is 9.39. The Kier molecular flexibility index (Phi) is 4.91. The molecule has 4 saturated carbocycles. The Balaban J connectivity index is 1.54. The zero-order valence-corrected chi connectivity index (χ0v) is 20.3. The Morgan fingerprint density at radius 1 is 1.00 bits per heavy atom. The van der Waals surface area contributed by atoms with E-state index in [4.69, 9.17) is 4.74 Å². The van der Waals surface area contributed by atoms with E-state index in [1.165, 1.54) is 7.11 Å². The van der Waals surface area contributed by atoms with Crippen molar-refractivity contribution in [3.8, 4) is 0 Å². The number of carboxylic acid groups (broad SMARTS) is 1. The zero-order chi connectivity index (χ0) is 23.8. The molecule has 4 fully saturated rings. The van der Waals surface area contributed by atoms with Crippen molar-refractivity contribution in [2.75, 3.05) is 7.11 Å². The van der Waals surface area contributed by atoms with Crippen molar-refractivity contribution in [1.29, 1.82) is 0 Å². The fourth-order valence-electron chi connectivity index (χ4n) is 9.17. The first kappa shape index (κ1) is 22.6. The van der Waals surface area contributed by atoms with E-state index in [9.17, 15) is 19.5 Å². The number of carbonyl (C=O) groups is 3. The highest BCUT2D eigenvalue weighted by Gasteiger charge is 2.69. The highest BCUT2D eigenvalue weighted by atomic mass is 16.5. The first-order chi connectivity index (χ1) is 15.5. The molecule has 1 aromatic rings. The number of aliphatic carboxylic acids is 1. The van der Waals surface area contributed by atoms with Gasteiger partial charge in [0.15, 0.2) is 0 Å².